The summed E-state index contributed by atoms with van der Waals surface area (Å²) >= 11 is 12.0. The van der Waals surface area contributed by atoms with E-state index in [1.54, 1.807) is 0 Å². The van der Waals surface area contributed by atoms with Gasteiger partial charge in [-0.15, -0.1) is 0 Å². The van der Waals surface area contributed by atoms with Gasteiger partial charge in [-0.2, -0.15) is 5.09 Å². The number of aromatic amines is 1. The number of nitrogens with zero attached hydrogens (tertiary/aromatic N) is 4. The lowest BCUT2D eigenvalue weighted by Crippen LogP contribution is -2.45. The number of nitrogens with one attached hydrogen (secondary N) is 2. The van der Waals surface area contributed by atoms with Crippen molar-refractivity contribution in [3.63, 3.8) is 0 Å². The van der Waals surface area contributed by atoms with Gasteiger partial charge in [0.1, 0.15) is 23.4 Å². The number of carbonyl (C=O) groups is 1. The van der Waals surface area contributed by atoms with Gasteiger partial charge in [0.2, 0.25) is 0 Å². The predicted molar refractivity (Wildman–Crippen MR) is 148 cm³/mol. The number of halogens is 2. The lowest BCUT2D eigenvalue weighted by molar-refractivity contribution is -0.145. The minimum absolute atomic E-state index is 0.0220. The Bertz CT molecular complexity index is 1470. The number of esters is 1. The van der Waals surface area contributed by atoms with E-state index in [0.29, 0.717) is 6.42 Å². The molecule has 0 spiro atoms. The van der Waals surface area contributed by atoms with Crippen LogP contribution < -0.4 is 20.9 Å². The van der Waals surface area contributed by atoms with Crippen LogP contribution in [-0.4, -0.2) is 57.6 Å². The van der Waals surface area contributed by atoms with Crippen molar-refractivity contribution in [1.29, 1.82) is 0 Å². The smallest absolute Gasteiger partial charge is 0.459 e. The standard InChI is InChI=1S/C23H29Cl2N6O9P/c1-4-5-10-37-20(34)13(2)28-41(36,40-14-6-7-15(24)16(25)11-14)38-12-17-19(33)23(3,29-30-26)21(39-17)31-9-8-18(32)27-22(31)35/h6-9,11,13,17,19,21,33H,4-5,10,12H2,1-3H3,(H,28,36)(H,27,32,35)/t13-,17+,19+,21+,23+,41?/m0/s1. The van der Waals surface area contributed by atoms with E-state index in [4.69, 9.17) is 47.3 Å². The van der Waals surface area contributed by atoms with Gasteiger partial charge in [0.25, 0.3) is 5.56 Å². The van der Waals surface area contributed by atoms with Crippen molar-refractivity contribution >= 4 is 36.9 Å². The molecule has 224 valence electrons. The number of rotatable bonds is 13. The minimum Gasteiger partial charge on any atom is -0.465 e. The van der Waals surface area contributed by atoms with E-state index >= 15 is 0 Å². The Balaban J connectivity index is 1.87. The average molecular weight is 635 g/mol. The van der Waals surface area contributed by atoms with Crippen molar-refractivity contribution in [3.05, 3.63) is 71.8 Å². The maximum absolute atomic E-state index is 13.9. The summed E-state index contributed by atoms with van der Waals surface area (Å²) in [7, 11) is -4.43. The Morgan fingerprint density at radius 3 is 2.73 bits per heavy atom. The van der Waals surface area contributed by atoms with Gasteiger partial charge in [-0.3, -0.25) is 23.7 Å². The molecule has 0 aliphatic carbocycles. The first-order valence-corrected chi connectivity index (χ1v) is 14.7. The number of hydrogen-bond donors (Lipinski definition) is 3. The fraction of sp³-hybridized carbons (Fsp3) is 0.522. The molecule has 0 bridgehead atoms. The quantitative estimate of drug-likeness (QED) is 0.0726. The Labute approximate surface area is 243 Å². The Morgan fingerprint density at radius 1 is 1.37 bits per heavy atom. The number of aromatic nitrogens is 2. The Morgan fingerprint density at radius 2 is 2.10 bits per heavy atom. The predicted octanol–water partition coefficient (Wildman–Crippen LogP) is 3.70. The summed E-state index contributed by atoms with van der Waals surface area (Å²) in [6.45, 7) is 4.17. The topological polar surface area (TPSA) is 207 Å². The van der Waals surface area contributed by atoms with Gasteiger partial charge in [0, 0.05) is 23.2 Å². The van der Waals surface area contributed by atoms with Crippen molar-refractivity contribution < 1.29 is 33.0 Å². The van der Waals surface area contributed by atoms with Crippen LogP contribution in [0.1, 0.15) is 39.8 Å². The van der Waals surface area contributed by atoms with Crippen LogP contribution in [0.5, 0.6) is 5.75 Å². The molecule has 0 radical (unpaired) electrons. The average Bonchev–Trinajstić information content (AvgIpc) is 3.15. The zero-order chi connectivity index (χ0) is 30.4. The highest BCUT2D eigenvalue weighted by Gasteiger charge is 2.55. The number of carbonyl (C=O) groups excluding carboxylic acids is 1. The fourth-order valence-electron chi connectivity index (χ4n) is 3.86. The summed E-state index contributed by atoms with van der Waals surface area (Å²) in [5.41, 5.74) is 5.82. The van der Waals surface area contributed by atoms with Crippen LogP contribution in [0.3, 0.4) is 0 Å². The summed E-state index contributed by atoms with van der Waals surface area (Å²) in [6.07, 6.45) is -1.76. The number of benzene rings is 1. The zero-order valence-electron chi connectivity index (χ0n) is 22.2. The van der Waals surface area contributed by atoms with Crippen LogP contribution in [0.25, 0.3) is 10.4 Å². The molecule has 1 saturated heterocycles. The van der Waals surface area contributed by atoms with Crippen molar-refractivity contribution in [2.75, 3.05) is 13.2 Å². The number of H-pyrrole nitrogens is 1. The number of ether oxygens (including phenoxy) is 2. The molecule has 1 aliphatic rings. The van der Waals surface area contributed by atoms with E-state index in [1.807, 2.05) is 6.92 Å². The van der Waals surface area contributed by atoms with E-state index in [-0.39, 0.29) is 22.4 Å². The molecule has 18 heteroatoms. The van der Waals surface area contributed by atoms with Gasteiger partial charge in [-0.1, -0.05) is 41.7 Å². The molecule has 2 heterocycles. The Hall–Kier alpha value is -2.87. The van der Waals surface area contributed by atoms with Gasteiger partial charge in [-0.25, -0.2) is 9.36 Å². The van der Waals surface area contributed by atoms with Crippen LogP contribution in [0.2, 0.25) is 10.0 Å². The molecule has 0 amide bonds. The zero-order valence-corrected chi connectivity index (χ0v) is 24.6. The van der Waals surface area contributed by atoms with Crippen molar-refractivity contribution in [1.82, 2.24) is 14.6 Å². The molecule has 1 aliphatic heterocycles. The van der Waals surface area contributed by atoms with Gasteiger partial charge >= 0.3 is 19.4 Å². The lowest BCUT2D eigenvalue weighted by Gasteiger charge is -2.28. The number of unbranched alkanes of at least 4 members (excludes halogenated alkanes) is 1. The molecule has 1 aromatic heterocycles. The monoisotopic (exact) mass is 634 g/mol. The number of azide groups is 1. The molecule has 1 unspecified atom stereocenters. The second-order valence-electron chi connectivity index (χ2n) is 9.24. The summed E-state index contributed by atoms with van der Waals surface area (Å²) in [6, 6.07) is 3.93. The lowest BCUT2D eigenvalue weighted by atomic mass is 9.93. The first-order valence-electron chi connectivity index (χ1n) is 12.4. The second-order valence-corrected chi connectivity index (χ2v) is 11.7. The largest absolute Gasteiger partial charge is 0.465 e. The third kappa shape index (κ3) is 7.91. The number of hydrogen-bond acceptors (Lipinski definition) is 10. The molecule has 1 aromatic carbocycles. The molecule has 41 heavy (non-hydrogen) atoms. The molecule has 6 atom stereocenters. The number of aliphatic hydroxyl groups excluding tert-OH is 1. The first-order chi connectivity index (χ1) is 19.3. The van der Waals surface area contributed by atoms with E-state index in [2.05, 4.69) is 20.1 Å². The Kier molecular flexibility index (Phi) is 11.0. The van der Waals surface area contributed by atoms with Gasteiger partial charge < -0.3 is 19.1 Å². The number of aliphatic hydroxyl groups is 1. The van der Waals surface area contributed by atoms with Crippen molar-refractivity contribution in [3.8, 4) is 5.75 Å². The highest BCUT2D eigenvalue weighted by atomic mass is 35.5. The second kappa shape index (κ2) is 13.9. The molecule has 3 N–H and O–H groups in total. The molecule has 2 aromatic rings. The minimum atomic E-state index is -4.43. The van der Waals surface area contributed by atoms with E-state index in [1.165, 1.54) is 32.0 Å². The van der Waals surface area contributed by atoms with Crippen LogP contribution in [0.4, 0.5) is 0 Å². The third-order valence-corrected chi connectivity index (χ3v) is 8.47. The third-order valence-electron chi connectivity index (χ3n) is 6.09. The molecule has 1 fully saturated rings. The first kappa shape index (κ1) is 32.6. The molecular formula is C23H29Cl2N6O9P. The molecule has 15 nitrogen and oxygen atoms in total. The maximum atomic E-state index is 13.9. The van der Waals surface area contributed by atoms with Crippen molar-refractivity contribution in [2.24, 2.45) is 5.11 Å². The summed E-state index contributed by atoms with van der Waals surface area (Å²) in [5, 5.41) is 17.5. The molecule has 0 saturated carbocycles. The van der Waals surface area contributed by atoms with Crippen LogP contribution in [0.15, 0.2) is 45.2 Å². The van der Waals surface area contributed by atoms with Gasteiger partial charge in [0.15, 0.2) is 6.23 Å². The van der Waals surface area contributed by atoms with E-state index in [0.717, 1.165) is 23.3 Å². The summed E-state index contributed by atoms with van der Waals surface area (Å²) in [4.78, 5) is 41.2. The maximum Gasteiger partial charge on any atom is 0.459 e. The fourth-order valence-corrected chi connectivity index (χ4v) is 5.64. The molecular weight excluding hydrogens is 606 g/mol. The van der Waals surface area contributed by atoms with Crippen LogP contribution >= 0.6 is 30.9 Å². The van der Waals surface area contributed by atoms with Gasteiger partial charge in [-0.05, 0) is 37.9 Å². The van der Waals surface area contributed by atoms with Gasteiger partial charge in [0.05, 0.1) is 29.4 Å². The highest BCUT2D eigenvalue weighted by Crippen LogP contribution is 2.48. The SMILES string of the molecule is CCCCOC(=O)[C@H](C)NP(=O)(OC[C@H]1O[C@@H](n2ccc(=O)[nH]c2=O)[C@](C)(N=[N+]=[N-])[C@@H]1O)Oc1ccc(Cl)c(Cl)c1. The van der Waals surface area contributed by atoms with Crippen molar-refractivity contribution in [2.45, 2.75) is 63.6 Å². The summed E-state index contributed by atoms with van der Waals surface area (Å²) in [5.74, 6) is -0.739. The van der Waals surface area contributed by atoms with Crippen LogP contribution in [0, 0.1) is 0 Å². The van der Waals surface area contributed by atoms with E-state index in [9.17, 15) is 24.1 Å². The normalized spacial score (nSPS) is 24.2. The summed E-state index contributed by atoms with van der Waals surface area (Å²) < 4.78 is 36.9. The van der Waals surface area contributed by atoms with E-state index < -0.39 is 61.6 Å². The molecule has 3 rings (SSSR count). The van der Waals surface area contributed by atoms with Crippen LogP contribution in [-0.2, 0) is 23.4 Å². The highest BCUT2D eigenvalue weighted by molar-refractivity contribution is 7.52.